The van der Waals surface area contributed by atoms with Crippen molar-refractivity contribution in [2.24, 2.45) is 5.73 Å². The standard InChI is InChI=1S/C6H14N4S2.C2H4O2/c1-9-6(11)10-3-2-4-12-5(7)8;1-2(3)4/h2-4H2,1H3,(H3,7,8)(H2,9,10,11);1H3,(H,3,4). The molecule has 0 atom stereocenters. The number of nitrogens with two attached hydrogens (primary N) is 1. The fourth-order valence-electron chi connectivity index (χ4n) is 0.545. The minimum atomic E-state index is -0.833. The molecule has 0 aliphatic heterocycles. The smallest absolute Gasteiger partial charge is 0.300 e. The molecule has 0 aromatic rings. The van der Waals surface area contributed by atoms with Crippen LogP contribution in [-0.4, -0.2) is 40.7 Å². The third-order valence-corrected chi connectivity index (χ3v) is 2.24. The van der Waals surface area contributed by atoms with Crippen LogP contribution in [0.5, 0.6) is 0 Å². The summed E-state index contributed by atoms with van der Waals surface area (Å²) in [6, 6.07) is 0. The highest BCUT2D eigenvalue weighted by atomic mass is 32.2. The number of nitrogens with one attached hydrogen (secondary N) is 3. The number of carboxylic acids is 1. The van der Waals surface area contributed by atoms with Crippen molar-refractivity contribution >= 4 is 40.2 Å². The van der Waals surface area contributed by atoms with Crippen LogP contribution in [0.3, 0.4) is 0 Å². The molecule has 16 heavy (non-hydrogen) atoms. The molecule has 0 aliphatic carbocycles. The predicted octanol–water partition coefficient (Wildman–Crippen LogP) is 0.188. The first-order valence-electron chi connectivity index (χ1n) is 4.52. The van der Waals surface area contributed by atoms with Gasteiger partial charge in [-0.25, -0.2) is 0 Å². The van der Waals surface area contributed by atoms with Crippen molar-refractivity contribution in [3.8, 4) is 0 Å². The summed E-state index contributed by atoms with van der Waals surface area (Å²) in [6.07, 6.45) is 0.950. The number of thioether (sulfide) groups is 1. The van der Waals surface area contributed by atoms with E-state index in [0.29, 0.717) is 5.11 Å². The van der Waals surface area contributed by atoms with E-state index in [1.807, 2.05) is 0 Å². The van der Waals surface area contributed by atoms with Crippen molar-refractivity contribution in [3.05, 3.63) is 0 Å². The summed E-state index contributed by atoms with van der Waals surface area (Å²) in [5.41, 5.74) is 5.15. The van der Waals surface area contributed by atoms with Crippen molar-refractivity contribution in [2.75, 3.05) is 19.3 Å². The number of aliphatic carboxylic acids is 1. The second-order valence-electron chi connectivity index (χ2n) is 2.59. The lowest BCUT2D eigenvalue weighted by molar-refractivity contribution is -0.134. The number of carbonyl (C=O) groups is 1. The first-order chi connectivity index (χ1) is 7.40. The van der Waals surface area contributed by atoms with Crippen LogP contribution in [0.2, 0.25) is 0 Å². The largest absolute Gasteiger partial charge is 0.481 e. The molecule has 6 nitrogen and oxygen atoms in total. The first kappa shape index (κ1) is 17.4. The maximum Gasteiger partial charge on any atom is 0.300 e. The molecule has 0 amide bonds. The fraction of sp³-hybridized carbons (Fsp3) is 0.625. The number of amidine groups is 1. The van der Waals surface area contributed by atoms with Gasteiger partial charge in [-0.05, 0) is 18.6 Å². The summed E-state index contributed by atoms with van der Waals surface area (Å²) in [4.78, 5) is 9.00. The Kier molecular flexibility index (Phi) is 13.1. The summed E-state index contributed by atoms with van der Waals surface area (Å²) in [7, 11) is 1.78. The van der Waals surface area contributed by atoms with Crippen LogP contribution in [-0.2, 0) is 4.79 Å². The van der Waals surface area contributed by atoms with E-state index < -0.39 is 5.97 Å². The zero-order valence-corrected chi connectivity index (χ0v) is 11.0. The third kappa shape index (κ3) is 23.1. The van der Waals surface area contributed by atoms with Gasteiger partial charge in [0.15, 0.2) is 10.3 Å². The van der Waals surface area contributed by atoms with Crippen LogP contribution in [0, 0.1) is 5.41 Å². The molecule has 8 heteroatoms. The predicted molar refractivity (Wildman–Crippen MR) is 72.0 cm³/mol. The average molecular weight is 266 g/mol. The zero-order valence-electron chi connectivity index (χ0n) is 9.37. The Bertz CT molecular complexity index is 232. The number of carboxylic acid groups (broad SMARTS) is 1. The topological polar surface area (TPSA) is 111 Å². The summed E-state index contributed by atoms with van der Waals surface area (Å²) >= 11 is 6.21. The van der Waals surface area contributed by atoms with Gasteiger partial charge in [0.1, 0.15) is 0 Å². The van der Waals surface area contributed by atoms with Crippen LogP contribution in [0.15, 0.2) is 0 Å². The molecule has 6 N–H and O–H groups in total. The molecule has 0 fully saturated rings. The Morgan fingerprint density at radius 2 is 2.12 bits per heavy atom. The van der Waals surface area contributed by atoms with Crippen LogP contribution in [0.1, 0.15) is 13.3 Å². The Morgan fingerprint density at radius 3 is 2.50 bits per heavy atom. The molecule has 0 rings (SSSR count). The summed E-state index contributed by atoms with van der Waals surface area (Å²) in [5, 5.41) is 21.0. The number of rotatable bonds is 4. The van der Waals surface area contributed by atoms with Gasteiger partial charge in [-0.2, -0.15) is 0 Å². The molecular formula is C8H18N4O2S2. The summed E-state index contributed by atoms with van der Waals surface area (Å²) < 4.78 is 0. The van der Waals surface area contributed by atoms with Crippen molar-refractivity contribution in [1.82, 2.24) is 10.6 Å². The fourth-order valence-corrected chi connectivity index (χ4v) is 1.16. The highest BCUT2D eigenvalue weighted by Crippen LogP contribution is 1.98. The Hall–Kier alpha value is -1.02. The molecule has 94 valence electrons. The van der Waals surface area contributed by atoms with Gasteiger partial charge in [-0.3, -0.25) is 10.2 Å². The van der Waals surface area contributed by atoms with Crippen molar-refractivity contribution in [1.29, 1.82) is 5.41 Å². The Labute approximate surface area is 105 Å². The van der Waals surface area contributed by atoms with Gasteiger partial charge in [-0.1, -0.05) is 11.8 Å². The van der Waals surface area contributed by atoms with E-state index >= 15 is 0 Å². The molecule has 0 spiro atoms. The summed E-state index contributed by atoms with van der Waals surface area (Å²) in [6.45, 7) is 1.90. The number of hydrogen-bond acceptors (Lipinski definition) is 4. The normalized spacial score (nSPS) is 8.38. The Balaban J connectivity index is 0. The van der Waals surface area contributed by atoms with Gasteiger partial charge in [0.2, 0.25) is 0 Å². The van der Waals surface area contributed by atoms with E-state index in [0.717, 1.165) is 25.6 Å². The molecule has 0 aromatic carbocycles. The molecule has 0 bridgehead atoms. The highest BCUT2D eigenvalue weighted by molar-refractivity contribution is 8.13. The lowest BCUT2D eigenvalue weighted by Gasteiger charge is -2.05. The maximum atomic E-state index is 9.00. The van der Waals surface area contributed by atoms with E-state index in [-0.39, 0.29) is 5.17 Å². The molecule has 0 unspecified atom stereocenters. The van der Waals surface area contributed by atoms with Crippen LogP contribution >= 0.6 is 24.0 Å². The Morgan fingerprint density at radius 1 is 1.62 bits per heavy atom. The van der Waals surface area contributed by atoms with Crippen LogP contribution in [0.25, 0.3) is 0 Å². The first-order valence-corrected chi connectivity index (χ1v) is 5.91. The van der Waals surface area contributed by atoms with E-state index in [9.17, 15) is 0 Å². The van der Waals surface area contributed by atoms with Gasteiger partial charge < -0.3 is 21.5 Å². The minimum absolute atomic E-state index is 0.172. The van der Waals surface area contributed by atoms with Crippen LogP contribution in [0.4, 0.5) is 0 Å². The zero-order chi connectivity index (χ0) is 13.0. The van der Waals surface area contributed by atoms with Gasteiger partial charge in [0.25, 0.3) is 5.97 Å². The van der Waals surface area contributed by atoms with E-state index in [1.165, 1.54) is 11.8 Å². The van der Waals surface area contributed by atoms with Crippen molar-refractivity contribution < 1.29 is 9.90 Å². The minimum Gasteiger partial charge on any atom is -0.481 e. The SMILES string of the molecule is CC(=O)O.CNC(=S)NCCCSC(=N)N. The highest BCUT2D eigenvalue weighted by Gasteiger charge is 1.92. The second kappa shape index (κ2) is 12.1. The number of thiocarbonyl (C=S) groups is 1. The molecule has 0 aromatic heterocycles. The lowest BCUT2D eigenvalue weighted by Crippen LogP contribution is -2.33. The number of hydrogen-bond donors (Lipinski definition) is 5. The third-order valence-electron chi connectivity index (χ3n) is 1.09. The van der Waals surface area contributed by atoms with E-state index in [1.54, 1.807) is 7.05 Å². The molecule has 0 saturated carbocycles. The molecule has 0 radical (unpaired) electrons. The van der Waals surface area contributed by atoms with Gasteiger partial charge in [0.05, 0.1) is 0 Å². The quantitative estimate of drug-likeness (QED) is 0.214. The average Bonchev–Trinajstić information content (AvgIpc) is 2.15. The monoisotopic (exact) mass is 266 g/mol. The lowest BCUT2D eigenvalue weighted by atomic mass is 10.5. The van der Waals surface area contributed by atoms with Gasteiger partial charge >= 0.3 is 0 Å². The van der Waals surface area contributed by atoms with Crippen molar-refractivity contribution in [2.45, 2.75) is 13.3 Å². The molecule has 0 aliphatic rings. The second-order valence-corrected chi connectivity index (χ2v) is 4.14. The van der Waals surface area contributed by atoms with Crippen LogP contribution < -0.4 is 16.4 Å². The molecular weight excluding hydrogens is 248 g/mol. The van der Waals surface area contributed by atoms with E-state index in [4.69, 9.17) is 33.3 Å². The summed E-state index contributed by atoms with van der Waals surface area (Å²) in [5.74, 6) is 0.0225. The van der Waals surface area contributed by atoms with E-state index in [2.05, 4.69) is 10.6 Å². The van der Waals surface area contributed by atoms with Gasteiger partial charge in [-0.15, -0.1) is 0 Å². The molecule has 0 saturated heterocycles. The maximum absolute atomic E-state index is 9.00. The van der Waals surface area contributed by atoms with Gasteiger partial charge in [0, 0.05) is 26.3 Å². The van der Waals surface area contributed by atoms with Crippen molar-refractivity contribution in [3.63, 3.8) is 0 Å². The molecule has 0 heterocycles.